The van der Waals surface area contributed by atoms with Crippen molar-refractivity contribution in [2.45, 2.75) is 114 Å². The Bertz CT molecular complexity index is 4470. The van der Waals surface area contributed by atoms with Crippen LogP contribution in [-0.2, 0) is 0 Å². The van der Waals surface area contributed by atoms with E-state index in [0.717, 1.165) is 25.7 Å². The monoisotopic (exact) mass is 1370 g/mol. The first-order valence-electron chi connectivity index (χ1n) is 32.5. The van der Waals surface area contributed by atoms with Crippen LogP contribution in [0.5, 0.6) is 34.5 Å². The number of H-pyrrole nitrogens is 3. The third-order valence-corrected chi connectivity index (χ3v) is 18.4. The first kappa shape index (κ1) is 67.3. The summed E-state index contributed by atoms with van der Waals surface area (Å²) in [5.74, 6) is 4.50. The molecule has 3 saturated carbocycles. The summed E-state index contributed by atoms with van der Waals surface area (Å²) in [6, 6.07) is 44.6. The van der Waals surface area contributed by atoms with Crippen molar-refractivity contribution in [3.05, 3.63) is 237 Å². The molecule has 3 aliphatic rings. The van der Waals surface area contributed by atoms with Gasteiger partial charge in [-0.05, 0) is 111 Å². The Morgan fingerprint density at radius 3 is 1.02 bits per heavy atom. The van der Waals surface area contributed by atoms with Crippen molar-refractivity contribution < 1.29 is 28.6 Å². The molecule has 0 spiro atoms. The summed E-state index contributed by atoms with van der Waals surface area (Å²) in [6.07, 6.45) is 27.7. The van der Waals surface area contributed by atoms with E-state index < -0.39 is 0 Å². The molecule has 7 N–H and O–H groups in total. The largest absolute Gasteiger partial charge is 0.457 e. The second kappa shape index (κ2) is 32.4. The van der Waals surface area contributed by atoms with E-state index in [1.807, 2.05) is 91.0 Å². The van der Waals surface area contributed by atoms with Crippen molar-refractivity contribution in [2.75, 3.05) is 10.6 Å². The van der Waals surface area contributed by atoms with E-state index in [9.17, 15) is 14.4 Å². The van der Waals surface area contributed by atoms with Gasteiger partial charge in [-0.1, -0.05) is 159 Å². The first-order chi connectivity index (χ1) is 47.4. The summed E-state index contributed by atoms with van der Waals surface area (Å²) in [5.41, 5.74) is 9.89. The minimum atomic E-state index is -0.274. The average Bonchev–Trinajstić information content (AvgIpc) is 1.72. The predicted octanol–water partition coefficient (Wildman–Crippen LogP) is 19.3. The maximum Gasteiger partial charge on any atom is 0.196 e. The van der Waals surface area contributed by atoms with E-state index >= 15 is 0 Å². The van der Waals surface area contributed by atoms with Gasteiger partial charge >= 0.3 is 0 Å². The van der Waals surface area contributed by atoms with Crippen LogP contribution in [0.2, 0.25) is 20.2 Å². The summed E-state index contributed by atoms with van der Waals surface area (Å²) in [7, 11) is 0. The fraction of sp³-hybridized carbons (Fsp3) is 0.240. The molecule has 97 heavy (non-hydrogen) atoms. The Morgan fingerprint density at radius 2 is 0.691 bits per heavy atom. The van der Waals surface area contributed by atoms with E-state index in [-0.39, 0.29) is 27.5 Å². The Balaban J connectivity index is 0.000000132. The Hall–Kier alpha value is -9.69. The maximum absolute atomic E-state index is 13.4. The van der Waals surface area contributed by atoms with Crippen LogP contribution >= 0.6 is 46.4 Å². The van der Waals surface area contributed by atoms with Crippen LogP contribution in [0.4, 0.5) is 11.6 Å². The van der Waals surface area contributed by atoms with Crippen molar-refractivity contribution in [1.29, 1.82) is 0 Å². The molecule has 15 rings (SSSR count). The number of hydrogen-bond acceptors (Lipinski definition) is 15. The molecule has 6 aromatic heterocycles. The van der Waals surface area contributed by atoms with Gasteiger partial charge in [0.05, 0.1) is 47.9 Å². The first-order valence-corrected chi connectivity index (χ1v) is 34.0. The lowest BCUT2D eigenvalue weighted by Gasteiger charge is -2.23. The summed E-state index contributed by atoms with van der Waals surface area (Å²) in [5, 5.41) is 10.1. The third kappa shape index (κ3) is 16.9. The highest BCUT2D eigenvalue weighted by atomic mass is 35.5. The summed E-state index contributed by atoms with van der Waals surface area (Å²) < 4.78 is 17.4. The number of benzene rings is 6. The summed E-state index contributed by atoms with van der Waals surface area (Å²) in [4.78, 5) is 74.4. The number of anilines is 2. The third-order valence-electron chi connectivity index (χ3n) is 17.1. The molecule has 22 heteroatoms. The van der Waals surface area contributed by atoms with Crippen LogP contribution in [0.15, 0.2) is 183 Å². The molecule has 0 radical (unpaired) electrons. The molecular formula is C75H70Cl4N12O6. The molecule has 6 aromatic carbocycles. The number of nitrogens with zero attached hydrogens (tertiary/aromatic N) is 6. The van der Waals surface area contributed by atoms with Crippen LogP contribution < -0.4 is 30.6 Å². The number of hydrogen-bond donors (Lipinski definition) is 6. The van der Waals surface area contributed by atoms with Gasteiger partial charge in [0.15, 0.2) is 17.3 Å². The highest BCUT2D eigenvalue weighted by Crippen LogP contribution is 2.37. The van der Waals surface area contributed by atoms with Gasteiger partial charge in [-0.3, -0.25) is 14.4 Å². The molecule has 6 heterocycles. The zero-order valence-electron chi connectivity index (χ0n) is 52.9. The molecule has 0 saturated heterocycles. The predicted molar refractivity (Wildman–Crippen MR) is 383 cm³/mol. The second-order valence-electron chi connectivity index (χ2n) is 23.9. The highest BCUT2D eigenvalue weighted by molar-refractivity contribution is 6.39. The summed E-state index contributed by atoms with van der Waals surface area (Å²) >= 11 is 25.4. The van der Waals surface area contributed by atoms with Crippen molar-refractivity contribution in [3.8, 4) is 34.5 Å². The number of carbonyl (C=O) groups is 3. The lowest BCUT2D eigenvalue weighted by atomic mass is 9.95. The molecule has 0 aliphatic heterocycles. The Labute approximate surface area is 580 Å². The van der Waals surface area contributed by atoms with Crippen LogP contribution in [0.1, 0.15) is 144 Å². The molecule has 18 nitrogen and oxygen atoms in total. The number of aromatic nitrogens is 9. The number of aromatic amines is 3. The quantitative estimate of drug-likeness (QED) is 0.0389. The average molecular weight is 1380 g/mol. The van der Waals surface area contributed by atoms with Gasteiger partial charge in [-0.15, -0.1) is 0 Å². The van der Waals surface area contributed by atoms with Gasteiger partial charge in [0, 0.05) is 71.6 Å². The normalized spacial score (nSPS) is 14.2. The topological polar surface area (TPSA) is 254 Å². The zero-order valence-corrected chi connectivity index (χ0v) is 55.9. The number of nitrogens with two attached hydrogens (primary N) is 1. The van der Waals surface area contributed by atoms with Gasteiger partial charge < -0.3 is 45.5 Å². The van der Waals surface area contributed by atoms with Gasteiger partial charge in [0.25, 0.3) is 0 Å². The van der Waals surface area contributed by atoms with Crippen molar-refractivity contribution in [2.24, 2.45) is 5.73 Å². The van der Waals surface area contributed by atoms with Gasteiger partial charge in [0.2, 0.25) is 0 Å². The molecule has 0 atom stereocenters. The molecule has 0 bridgehead atoms. The minimum absolute atomic E-state index is 0.186. The number of fused-ring (bicyclic) bond motifs is 3. The van der Waals surface area contributed by atoms with E-state index in [4.69, 9.17) is 66.3 Å². The molecule has 494 valence electrons. The minimum Gasteiger partial charge on any atom is -0.457 e. The molecule has 0 unspecified atom stereocenters. The standard InChI is InChI=1S/2C25H23ClN4O2.C19H11Cl2N3O2.C6H13N/c2*26-21-13-18(32-17-9-5-2-6-10-17)11-12-19(21)23(31)20-14-27-24-22(20)25(29-15-28-24)30-16-7-3-1-4-8-16;20-15-8-12(26-11-4-2-1-3-5-11)6-7-13(15)17(25)14-9-22-19-16(14)18(21)23-10-24-19;7-6-4-2-1-3-5-6/h2*2,5-6,9-16H,1,3-4,7-8H2,(H2,27,28,29,30);1-10H,(H,22,23,24);6H,1-5,7H2. The van der Waals surface area contributed by atoms with Crippen LogP contribution in [0.3, 0.4) is 0 Å². The molecule has 3 aliphatic carbocycles. The van der Waals surface area contributed by atoms with Gasteiger partial charge in [-0.25, -0.2) is 29.9 Å². The number of ketones is 3. The van der Waals surface area contributed by atoms with E-state index in [1.54, 1.807) is 73.2 Å². The van der Waals surface area contributed by atoms with Crippen LogP contribution in [-0.4, -0.2) is 80.3 Å². The SMILES string of the molecule is NC1CCCCC1.O=C(c1ccc(Oc2ccccc2)cc1Cl)c1c[nH]c2ncnc(Cl)c12.O=C(c1ccc(Oc2ccccc2)cc1Cl)c1c[nH]c2ncnc(NC3CCCCC3)c12.O=C(c1ccc(Oc2ccccc2)cc1Cl)c1c[nH]c2ncnc(NC3CCCCC3)c12. The number of ether oxygens (including phenoxy) is 3. The lowest BCUT2D eigenvalue weighted by molar-refractivity contribution is 0.103. The van der Waals surface area contributed by atoms with Gasteiger partial charge in [-0.2, -0.15) is 0 Å². The van der Waals surface area contributed by atoms with Crippen LogP contribution in [0, 0.1) is 0 Å². The van der Waals surface area contributed by atoms with Crippen molar-refractivity contribution in [3.63, 3.8) is 0 Å². The lowest BCUT2D eigenvalue weighted by Crippen LogP contribution is -2.23. The van der Waals surface area contributed by atoms with Crippen molar-refractivity contribution >= 4 is 108 Å². The van der Waals surface area contributed by atoms with E-state index in [0.29, 0.717) is 141 Å². The number of carbonyl (C=O) groups excluding carboxylic acids is 3. The fourth-order valence-electron chi connectivity index (χ4n) is 12.2. The fourth-order valence-corrected chi connectivity index (χ4v) is 13.2. The number of nitrogens with one attached hydrogen (secondary N) is 5. The maximum atomic E-state index is 13.4. The highest BCUT2D eigenvalue weighted by Gasteiger charge is 2.26. The Morgan fingerprint density at radius 1 is 0.371 bits per heavy atom. The molecule has 12 aromatic rings. The number of halogens is 4. The van der Waals surface area contributed by atoms with E-state index in [1.165, 1.54) is 89.6 Å². The molecule has 0 amide bonds. The Kier molecular flexibility index (Phi) is 22.5. The van der Waals surface area contributed by atoms with Crippen molar-refractivity contribution in [1.82, 2.24) is 44.9 Å². The number of rotatable bonds is 16. The number of para-hydroxylation sites is 3. The van der Waals surface area contributed by atoms with E-state index in [2.05, 4.69) is 55.5 Å². The summed E-state index contributed by atoms with van der Waals surface area (Å²) in [6.45, 7) is 0. The second-order valence-corrected chi connectivity index (χ2v) is 25.5. The van der Waals surface area contributed by atoms with Crippen LogP contribution in [0.25, 0.3) is 33.1 Å². The van der Waals surface area contributed by atoms with Gasteiger partial charge in [0.1, 0.15) is 87.2 Å². The molecule has 3 fully saturated rings. The smallest absolute Gasteiger partial charge is 0.196 e. The molecular weight excluding hydrogens is 1310 g/mol. The zero-order chi connectivity index (χ0) is 67.0.